The van der Waals surface area contributed by atoms with Crippen LogP contribution in [0.4, 0.5) is 0 Å². The number of carbonyl (C=O) groups excluding carboxylic acids is 1. The van der Waals surface area contributed by atoms with Crippen molar-refractivity contribution in [1.82, 2.24) is 10.6 Å². The second-order valence-electron chi connectivity index (χ2n) is 5.66. The third-order valence-corrected chi connectivity index (χ3v) is 3.77. The van der Waals surface area contributed by atoms with Crippen LogP contribution in [0.25, 0.3) is 0 Å². The van der Waals surface area contributed by atoms with Crippen LogP contribution in [0, 0.1) is 0 Å². The van der Waals surface area contributed by atoms with Crippen LogP contribution in [0.1, 0.15) is 27.9 Å². The second-order valence-corrected chi connectivity index (χ2v) is 5.66. The Morgan fingerprint density at radius 3 is 2.54 bits per heavy atom. The molecule has 0 aliphatic rings. The van der Waals surface area contributed by atoms with Crippen LogP contribution in [-0.4, -0.2) is 32.7 Å². The van der Waals surface area contributed by atoms with Crippen LogP contribution in [-0.2, 0) is 17.8 Å². The molecule has 0 heterocycles. The molecule has 128 valence electrons. The monoisotopic (exact) mass is 326 g/mol. The number of likely N-dealkylation sites (N-methyl/N-ethyl adjacent to an activating group) is 1. The van der Waals surface area contributed by atoms with E-state index >= 15 is 0 Å². The number of hydrogen-bond acceptors (Lipinski definition) is 3. The van der Waals surface area contributed by atoms with E-state index in [4.69, 9.17) is 4.74 Å². The topological polar surface area (TPSA) is 50.4 Å². The molecule has 2 rings (SSSR count). The van der Waals surface area contributed by atoms with Crippen molar-refractivity contribution >= 4 is 5.91 Å². The van der Waals surface area contributed by atoms with Crippen LogP contribution in [0.5, 0.6) is 0 Å². The number of ether oxygens (including phenoxy) is 1. The Kier molecular flexibility index (Phi) is 8.01. The smallest absolute Gasteiger partial charge is 0.251 e. The van der Waals surface area contributed by atoms with E-state index in [1.54, 1.807) is 0 Å². The Morgan fingerprint density at radius 1 is 1.00 bits per heavy atom. The molecular weight excluding hydrogens is 300 g/mol. The van der Waals surface area contributed by atoms with Gasteiger partial charge in [0.1, 0.15) is 0 Å². The Bertz CT molecular complexity index is 614. The first-order chi connectivity index (χ1) is 11.8. The van der Waals surface area contributed by atoms with Gasteiger partial charge in [0, 0.05) is 18.7 Å². The number of benzene rings is 2. The molecule has 2 N–H and O–H groups in total. The molecule has 0 aromatic heterocycles. The van der Waals surface area contributed by atoms with Gasteiger partial charge in [0.05, 0.1) is 6.61 Å². The van der Waals surface area contributed by atoms with Gasteiger partial charge >= 0.3 is 0 Å². The van der Waals surface area contributed by atoms with Gasteiger partial charge in [0.25, 0.3) is 5.91 Å². The van der Waals surface area contributed by atoms with Crippen molar-refractivity contribution in [3.05, 3.63) is 71.3 Å². The van der Waals surface area contributed by atoms with E-state index in [0.29, 0.717) is 19.8 Å². The van der Waals surface area contributed by atoms with Crippen LogP contribution in [0.3, 0.4) is 0 Å². The fourth-order valence-electron chi connectivity index (χ4n) is 2.46. The summed E-state index contributed by atoms with van der Waals surface area (Å²) in [6.45, 7) is 2.73. The predicted octanol–water partition coefficient (Wildman–Crippen LogP) is 2.79. The highest BCUT2D eigenvalue weighted by atomic mass is 16.5. The summed E-state index contributed by atoms with van der Waals surface area (Å²) in [5, 5.41) is 6.09. The summed E-state index contributed by atoms with van der Waals surface area (Å²) in [7, 11) is 1.91. The summed E-state index contributed by atoms with van der Waals surface area (Å²) < 4.78 is 5.62. The van der Waals surface area contributed by atoms with E-state index in [2.05, 4.69) is 10.6 Å². The van der Waals surface area contributed by atoms with E-state index in [-0.39, 0.29) is 5.91 Å². The summed E-state index contributed by atoms with van der Waals surface area (Å²) in [6.07, 6.45) is 1.65. The van der Waals surface area contributed by atoms with Gasteiger partial charge in [-0.3, -0.25) is 4.79 Å². The number of nitrogens with one attached hydrogen (secondary N) is 2. The molecule has 0 fully saturated rings. The first-order valence-electron chi connectivity index (χ1n) is 8.43. The molecule has 2 aromatic rings. The number of hydrogen-bond donors (Lipinski definition) is 2. The zero-order chi connectivity index (χ0) is 17.0. The van der Waals surface area contributed by atoms with E-state index in [1.165, 1.54) is 5.56 Å². The highest BCUT2D eigenvalue weighted by Gasteiger charge is 2.09. The van der Waals surface area contributed by atoms with Crippen molar-refractivity contribution in [1.29, 1.82) is 0 Å². The second kappa shape index (κ2) is 10.6. The molecule has 24 heavy (non-hydrogen) atoms. The quantitative estimate of drug-likeness (QED) is 0.660. The lowest BCUT2D eigenvalue weighted by molar-refractivity contribution is 0.0933. The van der Waals surface area contributed by atoms with Crippen molar-refractivity contribution in [2.75, 3.05) is 26.7 Å². The Balaban J connectivity index is 1.68. The highest BCUT2D eigenvalue weighted by molar-refractivity contribution is 5.95. The zero-order valence-electron chi connectivity index (χ0n) is 14.3. The largest absolute Gasteiger partial charge is 0.377 e. The predicted molar refractivity (Wildman–Crippen MR) is 97.1 cm³/mol. The molecule has 1 amide bonds. The van der Waals surface area contributed by atoms with Gasteiger partial charge in [-0.05, 0) is 43.6 Å². The van der Waals surface area contributed by atoms with Crippen molar-refractivity contribution in [2.24, 2.45) is 0 Å². The van der Waals surface area contributed by atoms with Gasteiger partial charge < -0.3 is 15.4 Å². The van der Waals surface area contributed by atoms with Crippen molar-refractivity contribution in [3.8, 4) is 0 Å². The lowest BCUT2D eigenvalue weighted by Crippen LogP contribution is -2.26. The van der Waals surface area contributed by atoms with Crippen molar-refractivity contribution in [3.63, 3.8) is 0 Å². The minimum Gasteiger partial charge on any atom is -0.377 e. The van der Waals surface area contributed by atoms with Crippen LogP contribution >= 0.6 is 0 Å². The fourth-order valence-corrected chi connectivity index (χ4v) is 2.46. The van der Waals surface area contributed by atoms with Gasteiger partial charge in [-0.15, -0.1) is 0 Å². The van der Waals surface area contributed by atoms with E-state index in [9.17, 15) is 4.79 Å². The minimum absolute atomic E-state index is 0.00948. The molecule has 4 nitrogen and oxygen atoms in total. The maximum absolute atomic E-state index is 12.3. The first kappa shape index (κ1) is 18.2. The van der Waals surface area contributed by atoms with Crippen LogP contribution in [0.2, 0.25) is 0 Å². The number of amides is 1. The standard InChI is InChI=1S/C20H26N2O2/c1-21-14-12-18-10-5-6-11-19(18)20(23)22-13-7-15-24-16-17-8-3-2-4-9-17/h2-6,8-11,21H,7,12-16H2,1H3,(H,22,23). The first-order valence-corrected chi connectivity index (χ1v) is 8.43. The molecular formula is C20H26N2O2. The number of rotatable bonds is 10. The fraction of sp³-hybridized carbons (Fsp3) is 0.350. The van der Waals surface area contributed by atoms with Crippen LogP contribution < -0.4 is 10.6 Å². The molecule has 0 spiro atoms. The van der Waals surface area contributed by atoms with E-state index < -0.39 is 0 Å². The van der Waals surface area contributed by atoms with Gasteiger partial charge in [-0.25, -0.2) is 0 Å². The summed E-state index contributed by atoms with van der Waals surface area (Å²) in [4.78, 5) is 12.3. The maximum atomic E-state index is 12.3. The van der Waals surface area contributed by atoms with E-state index in [1.807, 2.05) is 61.6 Å². The molecule has 0 saturated heterocycles. The van der Waals surface area contributed by atoms with Gasteiger partial charge in [0.15, 0.2) is 0 Å². The third-order valence-electron chi connectivity index (χ3n) is 3.77. The molecule has 2 aromatic carbocycles. The summed E-state index contributed by atoms with van der Waals surface area (Å²) in [5.74, 6) is -0.00948. The molecule has 0 radical (unpaired) electrons. The van der Waals surface area contributed by atoms with Crippen molar-refractivity contribution in [2.45, 2.75) is 19.4 Å². The maximum Gasteiger partial charge on any atom is 0.251 e. The minimum atomic E-state index is -0.00948. The molecule has 0 aliphatic carbocycles. The van der Waals surface area contributed by atoms with Gasteiger partial charge in [-0.1, -0.05) is 48.5 Å². The normalized spacial score (nSPS) is 10.5. The average Bonchev–Trinajstić information content (AvgIpc) is 2.63. The van der Waals surface area contributed by atoms with Crippen molar-refractivity contribution < 1.29 is 9.53 Å². The lowest BCUT2D eigenvalue weighted by Gasteiger charge is -2.10. The molecule has 0 unspecified atom stereocenters. The third kappa shape index (κ3) is 6.14. The summed E-state index contributed by atoms with van der Waals surface area (Å²) in [6, 6.07) is 17.9. The van der Waals surface area contributed by atoms with E-state index in [0.717, 1.165) is 30.5 Å². The van der Waals surface area contributed by atoms with Gasteiger partial charge in [0.2, 0.25) is 0 Å². The van der Waals surface area contributed by atoms with Gasteiger partial charge in [-0.2, -0.15) is 0 Å². The summed E-state index contributed by atoms with van der Waals surface area (Å²) >= 11 is 0. The average molecular weight is 326 g/mol. The summed E-state index contributed by atoms with van der Waals surface area (Å²) in [5.41, 5.74) is 3.00. The number of carbonyl (C=O) groups is 1. The highest BCUT2D eigenvalue weighted by Crippen LogP contribution is 2.09. The molecule has 0 bridgehead atoms. The van der Waals surface area contributed by atoms with Crippen LogP contribution in [0.15, 0.2) is 54.6 Å². The molecule has 0 aliphatic heterocycles. The lowest BCUT2D eigenvalue weighted by atomic mass is 10.0. The zero-order valence-corrected chi connectivity index (χ0v) is 14.3. The molecule has 0 atom stereocenters. The Labute approximate surface area is 144 Å². The SMILES string of the molecule is CNCCc1ccccc1C(=O)NCCCOCc1ccccc1. The Hall–Kier alpha value is -2.17. The Morgan fingerprint density at radius 2 is 1.75 bits per heavy atom. The molecule has 0 saturated carbocycles. The molecule has 4 heteroatoms.